The Kier molecular flexibility index (Phi) is 4.90. The minimum absolute atomic E-state index is 0.00476. The number of ether oxygens (including phenoxy) is 2. The monoisotopic (exact) mass is 319 g/mol. The fourth-order valence-electron chi connectivity index (χ4n) is 1.92. The van der Waals surface area contributed by atoms with E-state index in [1.54, 1.807) is 24.3 Å². The molecule has 0 saturated carbocycles. The maximum atomic E-state index is 13.6. The van der Waals surface area contributed by atoms with E-state index in [2.05, 4.69) is 4.74 Å². The van der Waals surface area contributed by atoms with Gasteiger partial charge >= 0.3 is 11.7 Å². The van der Waals surface area contributed by atoms with Crippen LogP contribution in [-0.2, 0) is 11.3 Å². The van der Waals surface area contributed by atoms with Crippen molar-refractivity contribution in [3.05, 3.63) is 69.0 Å². The maximum absolute atomic E-state index is 13.6. The van der Waals surface area contributed by atoms with Crippen molar-refractivity contribution in [2.45, 2.75) is 13.5 Å². The fourth-order valence-corrected chi connectivity index (χ4v) is 1.92. The lowest BCUT2D eigenvalue weighted by Crippen LogP contribution is -2.03. The number of carbonyl (C=O) groups is 1. The van der Waals surface area contributed by atoms with Crippen molar-refractivity contribution < 1.29 is 23.6 Å². The van der Waals surface area contributed by atoms with Crippen LogP contribution in [0.15, 0.2) is 36.4 Å². The molecule has 23 heavy (non-hydrogen) atoms. The Labute approximate surface area is 131 Å². The van der Waals surface area contributed by atoms with Crippen LogP contribution >= 0.6 is 0 Å². The standard InChI is InChI=1S/C16H14FNO5/c1-10-7-14(18(20)21)15(8-13(10)17)23-9-11-3-5-12(6-4-11)16(19)22-2/h3-8H,9H2,1-2H3. The molecule has 0 fully saturated rings. The van der Waals surface area contributed by atoms with Gasteiger partial charge in [0.25, 0.3) is 0 Å². The Morgan fingerprint density at radius 1 is 1.26 bits per heavy atom. The maximum Gasteiger partial charge on any atom is 0.337 e. The highest BCUT2D eigenvalue weighted by atomic mass is 19.1. The summed E-state index contributed by atoms with van der Waals surface area (Å²) < 4.78 is 23.5. The normalized spacial score (nSPS) is 10.2. The lowest BCUT2D eigenvalue weighted by Gasteiger charge is -2.08. The molecule has 0 N–H and O–H groups in total. The summed E-state index contributed by atoms with van der Waals surface area (Å²) in [5.74, 6) is -1.18. The highest BCUT2D eigenvalue weighted by Crippen LogP contribution is 2.30. The van der Waals surface area contributed by atoms with Gasteiger partial charge in [-0.3, -0.25) is 10.1 Å². The Bertz CT molecular complexity index is 743. The summed E-state index contributed by atoms with van der Waals surface area (Å²) >= 11 is 0. The smallest absolute Gasteiger partial charge is 0.337 e. The molecule has 120 valence electrons. The van der Waals surface area contributed by atoms with Crippen LogP contribution in [0.2, 0.25) is 0 Å². The molecule has 2 rings (SSSR count). The number of nitrogens with zero attached hydrogens (tertiary/aromatic N) is 1. The molecule has 0 spiro atoms. The molecule has 0 atom stereocenters. The van der Waals surface area contributed by atoms with Gasteiger partial charge in [0.15, 0.2) is 5.75 Å². The molecule has 0 radical (unpaired) electrons. The number of aryl methyl sites for hydroxylation is 1. The number of hydrogen-bond donors (Lipinski definition) is 0. The van der Waals surface area contributed by atoms with E-state index in [1.165, 1.54) is 14.0 Å². The van der Waals surface area contributed by atoms with Crippen molar-refractivity contribution in [3.63, 3.8) is 0 Å². The minimum Gasteiger partial charge on any atom is -0.482 e. The summed E-state index contributed by atoms with van der Waals surface area (Å²) in [7, 11) is 1.28. The number of esters is 1. The van der Waals surface area contributed by atoms with Crippen molar-refractivity contribution in [1.82, 2.24) is 0 Å². The van der Waals surface area contributed by atoms with Gasteiger partial charge in [0.05, 0.1) is 17.6 Å². The molecule has 0 saturated heterocycles. The summed E-state index contributed by atoms with van der Waals surface area (Å²) in [6.07, 6.45) is 0. The zero-order chi connectivity index (χ0) is 17.0. The van der Waals surface area contributed by atoms with Crippen LogP contribution in [-0.4, -0.2) is 18.0 Å². The van der Waals surface area contributed by atoms with E-state index in [9.17, 15) is 19.3 Å². The average molecular weight is 319 g/mol. The molecule has 0 heterocycles. The first kappa shape index (κ1) is 16.4. The number of benzene rings is 2. The van der Waals surface area contributed by atoms with Gasteiger partial charge in [0.1, 0.15) is 12.4 Å². The molecule has 0 aromatic heterocycles. The molecule has 0 aliphatic heterocycles. The number of nitro benzene ring substituents is 1. The minimum atomic E-state index is -0.623. The molecular weight excluding hydrogens is 305 g/mol. The van der Waals surface area contributed by atoms with Crippen LogP contribution in [0, 0.1) is 22.9 Å². The summed E-state index contributed by atoms with van der Waals surface area (Å²) in [6.45, 7) is 1.45. The molecule has 7 heteroatoms. The fraction of sp³-hybridized carbons (Fsp3) is 0.188. The molecular formula is C16H14FNO5. The third-order valence-corrected chi connectivity index (χ3v) is 3.21. The van der Waals surface area contributed by atoms with Crippen LogP contribution in [0.4, 0.5) is 10.1 Å². The van der Waals surface area contributed by atoms with Crippen LogP contribution in [0.25, 0.3) is 0 Å². The third kappa shape index (κ3) is 3.82. The second kappa shape index (κ2) is 6.87. The Balaban J connectivity index is 2.16. The van der Waals surface area contributed by atoms with Crippen LogP contribution < -0.4 is 4.74 Å². The lowest BCUT2D eigenvalue weighted by atomic mass is 10.1. The van der Waals surface area contributed by atoms with Gasteiger partial charge in [-0.15, -0.1) is 0 Å². The highest BCUT2D eigenvalue weighted by Gasteiger charge is 2.18. The van der Waals surface area contributed by atoms with E-state index in [0.29, 0.717) is 11.1 Å². The predicted octanol–water partition coefficient (Wildman–Crippen LogP) is 3.41. The molecule has 2 aromatic rings. The van der Waals surface area contributed by atoms with E-state index in [0.717, 1.165) is 12.1 Å². The van der Waals surface area contributed by atoms with E-state index in [4.69, 9.17) is 4.74 Å². The Morgan fingerprint density at radius 2 is 1.91 bits per heavy atom. The largest absolute Gasteiger partial charge is 0.482 e. The van der Waals surface area contributed by atoms with Gasteiger partial charge in [-0.1, -0.05) is 12.1 Å². The van der Waals surface area contributed by atoms with Crippen molar-refractivity contribution in [1.29, 1.82) is 0 Å². The van der Waals surface area contributed by atoms with Gasteiger partial charge in [-0.2, -0.15) is 0 Å². The number of halogens is 1. The quantitative estimate of drug-likeness (QED) is 0.479. The first-order chi connectivity index (χ1) is 10.9. The van der Waals surface area contributed by atoms with Gasteiger partial charge in [0, 0.05) is 12.1 Å². The first-order valence-corrected chi connectivity index (χ1v) is 6.67. The average Bonchev–Trinajstić information content (AvgIpc) is 2.55. The number of hydrogen-bond acceptors (Lipinski definition) is 5. The third-order valence-electron chi connectivity index (χ3n) is 3.21. The molecule has 0 amide bonds. The van der Waals surface area contributed by atoms with Gasteiger partial charge in [0.2, 0.25) is 0 Å². The molecule has 2 aromatic carbocycles. The number of carbonyl (C=O) groups excluding carboxylic acids is 1. The van der Waals surface area contributed by atoms with Crippen molar-refractivity contribution in [2.24, 2.45) is 0 Å². The van der Waals surface area contributed by atoms with Gasteiger partial charge in [-0.25, -0.2) is 9.18 Å². The summed E-state index contributed by atoms with van der Waals surface area (Å²) in [5.41, 5.74) is 0.929. The van der Waals surface area contributed by atoms with Gasteiger partial charge < -0.3 is 9.47 Å². The number of rotatable bonds is 5. The summed E-state index contributed by atoms with van der Waals surface area (Å²) in [4.78, 5) is 21.7. The SMILES string of the molecule is COC(=O)c1ccc(COc2cc(F)c(C)cc2[N+](=O)[O-])cc1. The van der Waals surface area contributed by atoms with Crippen LogP contribution in [0.1, 0.15) is 21.5 Å². The molecule has 0 aliphatic rings. The number of methoxy groups -OCH3 is 1. The van der Waals surface area contributed by atoms with E-state index < -0.39 is 16.7 Å². The van der Waals surface area contributed by atoms with Crippen LogP contribution in [0.5, 0.6) is 5.75 Å². The molecule has 0 bridgehead atoms. The Hall–Kier alpha value is -2.96. The highest BCUT2D eigenvalue weighted by molar-refractivity contribution is 5.89. The molecule has 0 aliphatic carbocycles. The number of nitro groups is 1. The van der Waals surface area contributed by atoms with Crippen LogP contribution in [0.3, 0.4) is 0 Å². The second-order valence-corrected chi connectivity index (χ2v) is 4.80. The summed E-state index contributed by atoms with van der Waals surface area (Å²) in [5, 5.41) is 11.0. The predicted molar refractivity (Wildman–Crippen MR) is 79.9 cm³/mol. The van der Waals surface area contributed by atoms with E-state index in [-0.39, 0.29) is 23.6 Å². The van der Waals surface area contributed by atoms with Crippen molar-refractivity contribution in [2.75, 3.05) is 7.11 Å². The van der Waals surface area contributed by atoms with E-state index in [1.807, 2.05) is 0 Å². The van der Waals surface area contributed by atoms with E-state index >= 15 is 0 Å². The first-order valence-electron chi connectivity index (χ1n) is 6.67. The lowest BCUT2D eigenvalue weighted by molar-refractivity contribution is -0.386. The van der Waals surface area contributed by atoms with Crippen molar-refractivity contribution >= 4 is 11.7 Å². The van der Waals surface area contributed by atoms with Gasteiger partial charge in [-0.05, 0) is 30.2 Å². The second-order valence-electron chi connectivity index (χ2n) is 4.80. The summed E-state index contributed by atoms with van der Waals surface area (Å²) in [6, 6.07) is 8.48. The molecule has 0 unspecified atom stereocenters. The molecule has 6 nitrogen and oxygen atoms in total. The Morgan fingerprint density at radius 3 is 2.48 bits per heavy atom. The zero-order valence-electron chi connectivity index (χ0n) is 12.5. The topological polar surface area (TPSA) is 78.7 Å². The van der Waals surface area contributed by atoms with Crippen molar-refractivity contribution in [3.8, 4) is 5.75 Å². The zero-order valence-corrected chi connectivity index (χ0v) is 12.5.